The van der Waals surface area contributed by atoms with Gasteiger partial charge in [0.2, 0.25) is 0 Å². The molecule has 4 aromatic heterocycles. The smallest absolute Gasteiger partial charge is 0.138 e. The van der Waals surface area contributed by atoms with Crippen molar-refractivity contribution < 1.29 is 0 Å². The zero-order valence-electron chi connectivity index (χ0n) is 25.8. The summed E-state index contributed by atoms with van der Waals surface area (Å²) in [7, 11) is 0. The van der Waals surface area contributed by atoms with E-state index in [1.54, 1.807) is 0 Å². The van der Waals surface area contributed by atoms with E-state index in [0.29, 0.717) is 0 Å². The van der Waals surface area contributed by atoms with Crippen LogP contribution >= 0.6 is 0 Å². The van der Waals surface area contributed by atoms with Crippen LogP contribution in [0.15, 0.2) is 158 Å². The molecule has 0 unspecified atom stereocenters. The molecule has 0 saturated heterocycles. The van der Waals surface area contributed by atoms with Gasteiger partial charge in [-0.1, -0.05) is 84.9 Å². The van der Waals surface area contributed by atoms with Crippen LogP contribution in [-0.4, -0.2) is 19.1 Å². The van der Waals surface area contributed by atoms with Crippen LogP contribution in [0.3, 0.4) is 0 Å². The minimum absolute atomic E-state index is 0.898. The summed E-state index contributed by atoms with van der Waals surface area (Å²) < 4.78 is 4.66. The molecule has 0 spiro atoms. The summed E-state index contributed by atoms with van der Waals surface area (Å²) >= 11 is 0. The van der Waals surface area contributed by atoms with E-state index in [-0.39, 0.29) is 0 Å². The third-order valence-electron chi connectivity index (χ3n) is 10.1. The van der Waals surface area contributed by atoms with Crippen LogP contribution in [0.5, 0.6) is 0 Å². The first-order chi connectivity index (χ1) is 23.8. The Labute approximate surface area is 275 Å². The van der Waals surface area contributed by atoms with Crippen LogP contribution in [0.1, 0.15) is 0 Å². The molecule has 0 aliphatic heterocycles. The third kappa shape index (κ3) is 3.43. The lowest BCUT2D eigenvalue weighted by atomic mass is 10.0. The third-order valence-corrected chi connectivity index (χ3v) is 10.1. The van der Waals surface area contributed by atoms with E-state index in [1.807, 2.05) is 6.20 Å². The minimum Gasteiger partial charge on any atom is -0.309 e. The lowest BCUT2D eigenvalue weighted by molar-refractivity contribution is 1.08. The van der Waals surface area contributed by atoms with Crippen molar-refractivity contribution in [3.63, 3.8) is 0 Å². The predicted molar refractivity (Wildman–Crippen MR) is 198 cm³/mol. The number of benzene rings is 6. The highest BCUT2D eigenvalue weighted by molar-refractivity contribution is 6.14. The summed E-state index contributed by atoms with van der Waals surface area (Å²) in [5.41, 5.74) is 12.5. The summed E-state index contributed by atoms with van der Waals surface area (Å²) in [5, 5.41) is 7.31. The maximum atomic E-state index is 5.30. The molecule has 4 nitrogen and oxygen atoms in total. The molecule has 0 fully saturated rings. The highest BCUT2D eigenvalue weighted by atomic mass is 15.1. The van der Waals surface area contributed by atoms with Gasteiger partial charge in [0.05, 0.1) is 33.5 Å². The maximum absolute atomic E-state index is 5.30. The van der Waals surface area contributed by atoms with Gasteiger partial charge >= 0.3 is 0 Å². The Morgan fingerprint density at radius 3 is 1.81 bits per heavy atom. The maximum Gasteiger partial charge on any atom is 0.138 e. The van der Waals surface area contributed by atoms with Crippen molar-refractivity contribution in [2.45, 2.75) is 0 Å². The second-order valence-corrected chi connectivity index (χ2v) is 12.6. The van der Waals surface area contributed by atoms with Crippen LogP contribution in [0.4, 0.5) is 0 Å². The molecular formula is C44H26N4. The second kappa shape index (κ2) is 9.50. The first kappa shape index (κ1) is 25.6. The van der Waals surface area contributed by atoms with Gasteiger partial charge in [0, 0.05) is 44.4 Å². The number of aromatic nitrogens is 4. The van der Waals surface area contributed by atoms with Gasteiger partial charge in [-0.15, -0.1) is 0 Å². The molecule has 1 aliphatic carbocycles. The number of pyridine rings is 2. The Morgan fingerprint density at radius 1 is 0.417 bits per heavy atom. The zero-order chi connectivity index (χ0) is 31.3. The van der Waals surface area contributed by atoms with Crippen LogP contribution in [0.25, 0.3) is 99.5 Å². The van der Waals surface area contributed by atoms with Gasteiger partial charge in [-0.2, -0.15) is 0 Å². The fourth-order valence-electron chi connectivity index (χ4n) is 8.01. The van der Waals surface area contributed by atoms with Gasteiger partial charge in [-0.3, -0.25) is 9.55 Å². The highest BCUT2D eigenvalue weighted by Gasteiger charge is 2.25. The Hall–Kier alpha value is -6.52. The van der Waals surface area contributed by atoms with E-state index in [1.165, 1.54) is 65.7 Å². The standard InChI is InChI=1S/C44H26N4/c1-2-10-30(11-3-1)47-37-15-6-4-12-31(37)35-25-28(17-20-39(35)47)29-18-21-40-36(26-29)32-13-5-7-16-38(32)48(40)41-22-19-34-33-14-8-9-27-23-24-45-44(42(27)33)43(34)46-41/h1-26H. The van der Waals surface area contributed by atoms with Crippen molar-refractivity contribution in [1.82, 2.24) is 19.1 Å². The van der Waals surface area contributed by atoms with Crippen molar-refractivity contribution in [2.75, 3.05) is 0 Å². The summed E-state index contributed by atoms with van der Waals surface area (Å²) in [5.74, 6) is 0.898. The average Bonchev–Trinajstić information content (AvgIpc) is 3.78. The monoisotopic (exact) mass is 610 g/mol. The number of hydrogen-bond donors (Lipinski definition) is 0. The SMILES string of the molecule is c1ccc(-n2c3ccccc3c3cc(-c4ccc5c(c4)c4ccccc4n5-c4ccc5c(n4)-c4nccc6cccc-5c46)ccc32)cc1. The molecule has 0 bridgehead atoms. The average molecular weight is 611 g/mol. The molecule has 0 atom stereocenters. The van der Waals surface area contributed by atoms with Crippen molar-refractivity contribution in [3.8, 4) is 45.1 Å². The van der Waals surface area contributed by atoms with Gasteiger partial charge in [-0.25, -0.2) is 4.98 Å². The molecule has 4 heteroatoms. The lowest BCUT2D eigenvalue weighted by Crippen LogP contribution is -1.99. The normalized spacial score (nSPS) is 12.2. The summed E-state index contributed by atoms with van der Waals surface area (Å²) in [6.07, 6.45) is 1.89. The molecule has 0 N–H and O–H groups in total. The fraction of sp³-hybridized carbons (Fsp3) is 0. The summed E-state index contributed by atoms with van der Waals surface area (Å²) in [6, 6.07) is 54.6. The summed E-state index contributed by atoms with van der Waals surface area (Å²) in [4.78, 5) is 10.1. The van der Waals surface area contributed by atoms with Crippen molar-refractivity contribution in [2.24, 2.45) is 0 Å². The van der Waals surface area contributed by atoms with Gasteiger partial charge in [0.15, 0.2) is 0 Å². The Morgan fingerprint density at radius 2 is 1.06 bits per heavy atom. The predicted octanol–water partition coefficient (Wildman–Crippen LogP) is 11.1. The number of para-hydroxylation sites is 3. The Balaban J connectivity index is 1.10. The number of hydrogen-bond acceptors (Lipinski definition) is 2. The molecule has 48 heavy (non-hydrogen) atoms. The van der Waals surface area contributed by atoms with Crippen molar-refractivity contribution in [3.05, 3.63) is 158 Å². The molecular weight excluding hydrogens is 585 g/mol. The largest absolute Gasteiger partial charge is 0.309 e. The first-order valence-corrected chi connectivity index (χ1v) is 16.3. The number of nitrogens with zero attached hydrogens (tertiary/aromatic N) is 4. The van der Waals surface area contributed by atoms with Crippen LogP contribution < -0.4 is 0 Å². The fourth-order valence-corrected chi connectivity index (χ4v) is 8.01. The van der Waals surface area contributed by atoms with Crippen LogP contribution in [0, 0.1) is 0 Å². The van der Waals surface area contributed by atoms with Crippen LogP contribution in [-0.2, 0) is 0 Å². The molecule has 1 aliphatic rings. The molecule has 222 valence electrons. The quantitative estimate of drug-likeness (QED) is 0.199. The Kier molecular flexibility index (Phi) is 5.08. The molecule has 4 heterocycles. The van der Waals surface area contributed by atoms with Crippen molar-refractivity contribution >= 4 is 54.4 Å². The molecule has 0 saturated carbocycles. The molecule has 6 aromatic carbocycles. The van der Waals surface area contributed by atoms with Crippen molar-refractivity contribution in [1.29, 1.82) is 0 Å². The lowest BCUT2D eigenvalue weighted by Gasteiger charge is -2.10. The first-order valence-electron chi connectivity index (χ1n) is 16.3. The van der Waals surface area contributed by atoms with Gasteiger partial charge < -0.3 is 4.57 Å². The van der Waals surface area contributed by atoms with E-state index >= 15 is 0 Å². The second-order valence-electron chi connectivity index (χ2n) is 12.6. The van der Waals surface area contributed by atoms with E-state index in [4.69, 9.17) is 9.97 Å². The molecule has 10 aromatic rings. The van der Waals surface area contributed by atoms with Crippen LogP contribution in [0.2, 0.25) is 0 Å². The molecule has 0 amide bonds. The zero-order valence-corrected chi connectivity index (χ0v) is 25.8. The molecule has 11 rings (SSSR count). The highest BCUT2D eigenvalue weighted by Crippen LogP contribution is 2.46. The number of rotatable bonds is 3. The topological polar surface area (TPSA) is 35.6 Å². The van der Waals surface area contributed by atoms with Gasteiger partial charge in [0.1, 0.15) is 5.82 Å². The minimum atomic E-state index is 0.898. The van der Waals surface area contributed by atoms with E-state index in [0.717, 1.165) is 33.8 Å². The summed E-state index contributed by atoms with van der Waals surface area (Å²) in [6.45, 7) is 0. The Bertz CT molecular complexity index is 2940. The molecule has 0 radical (unpaired) electrons. The van der Waals surface area contributed by atoms with E-state index in [2.05, 4.69) is 161 Å². The van der Waals surface area contributed by atoms with Gasteiger partial charge in [0.25, 0.3) is 0 Å². The van der Waals surface area contributed by atoms with E-state index in [9.17, 15) is 0 Å². The number of fused-ring (bicyclic) bond motifs is 9. The van der Waals surface area contributed by atoms with Gasteiger partial charge in [-0.05, 0) is 88.8 Å². The van der Waals surface area contributed by atoms with E-state index < -0.39 is 0 Å².